The fraction of sp³-hybridized carbons (Fsp3) is 0.786. The maximum absolute atomic E-state index is 10.0. The molecule has 0 aromatic carbocycles. The Morgan fingerprint density at radius 1 is 1.06 bits per heavy atom. The van der Waals surface area contributed by atoms with Crippen molar-refractivity contribution in [2.75, 3.05) is 0 Å². The van der Waals surface area contributed by atoms with Crippen LogP contribution in [0.1, 0.15) is 64.7 Å². The van der Waals surface area contributed by atoms with Gasteiger partial charge in [0.05, 0.1) is 6.10 Å². The SMILES string of the molecule is C=CCCCCCCCCC[C@@H](C)OC=O. The van der Waals surface area contributed by atoms with Gasteiger partial charge in [0, 0.05) is 0 Å². The van der Waals surface area contributed by atoms with Crippen molar-refractivity contribution in [3.05, 3.63) is 12.7 Å². The molecule has 0 saturated carbocycles. The van der Waals surface area contributed by atoms with Crippen LogP contribution in [0.5, 0.6) is 0 Å². The number of ether oxygens (including phenoxy) is 1. The van der Waals surface area contributed by atoms with E-state index in [-0.39, 0.29) is 6.10 Å². The largest absolute Gasteiger partial charge is 0.465 e. The van der Waals surface area contributed by atoms with E-state index in [0.29, 0.717) is 6.47 Å². The lowest BCUT2D eigenvalue weighted by molar-refractivity contribution is -0.133. The zero-order valence-corrected chi connectivity index (χ0v) is 10.6. The standard InChI is InChI=1S/C14H26O2/c1-3-4-5-6-7-8-9-10-11-12-14(2)16-13-15/h3,13-14H,1,4-12H2,2H3/t14-/m1/s1. The van der Waals surface area contributed by atoms with Crippen molar-refractivity contribution in [2.45, 2.75) is 70.8 Å². The van der Waals surface area contributed by atoms with Gasteiger partial charge in [-0.15, -0.1) is 6.58 Å². The number of rotatable bonds is 12. The molecule has 0 aromatic rings. The van der Waals surface area contributed by atoms with Crippen LogP contribution in [0.25, 0.3) is 0 Å². The van der Waals surface area contributed by atoms with E-state index in [9.17, 15) is 4.79 Å². The van der Waals surface area contributed by atoms with E-state index in [4.69, 9.17) is 4.74 Å². The highest BCUT2D eigenvalue weighted by Crippen LogP contribution is 2.11. The Morgan fingerprint density at radius 3 is 2.19 bits per heavy atom. The van der Waals surface area contributed by atoms with Gasteiger partial charge in [0.25, 0.3) is 6.47 Å². The quantitative estimate of drug-likeness (QED) is 0.282. The zero-order valence-electron chi connectivity index (χ0n) is 10.6. The maximum atomic E-state index is 10.0. The summed E-state index contributed by atoms with van der Waals surface area (Å²) >= 11 is 0. The first-order valence-electron chi connectivity index (χ1n) is 6.51. The van der Waals surface area contributed by atoms with Crippen molar-refractivity contribution in [3.8, 4) is 0 Å². The molecule has 0 aliphatic heterocycles. The topological polar surface area (TPSA) is 26.3 Å². The molecule has 0 heterocycles. The smallest absolute Gasteiger partial charge is 0.293 e. The zero-order chi connectivity index (χ0) is 12.1. The van der Waals surface area contributed by atoms with Gasteiger partial charge in [-0.05, 0) is 32.6 Å². The first-order valence-corrected chi connectivity index (χ1v) is 6.51. The fourth-order valence-electron chi connectivity index (χ4n) is 1.77. The second kappa shape index (κ2) is 12.3. The van der Waals surface area contributed by atoms with Crippen LogP contribution in [0.4, 0.5) is 0 Å². The molecule has 0 fully saturated rings. The van der Waals surface area contributed by atoms with Crippen LogP contribution < -0.4 is 0 Å². The second-order valence-electron chi connectivity index (χ2n) is 4.38. The highest BCUT2D eigenvalue weighted by Gasteiger charge is 2.00. The lowest BCUT2D eigenvalue weighted by atomic mass is 10.1. The Balaban J connectivity index is 3.03. The fourth-order valence-corrected chi connectivity index (χ4v) is 1.77. The summed E-state index contributed by atoms with van der Waals surface area (Å²) in [6.07, 6.45) is 13.3. The molecule has 0 aliphatic carbocycles. The van der Waals surface area contributed by atoms with E-state index in [0.717, 1.165) is 12.8 Å². The Kier molecular flexibility index (Phi) is 11.7. The molecule has 1 atom stereocenters. The van der Waals surface area contributed by atoms with E-state index >= 15 is 0 Å². The molecule has 0 rings (SSSR count). The number of unbranched alkanes of at least 4 members (excludes halogenated alkanes) is 7. The number of allylic oxidation sites excluding steroid dienone is 1. The summed E-state index contributed by atoms with van der Waals surface area (Å²) in [5, 5.41) is 0. The van der Waals surface area contributed by atoms with Gasteiger partial charge in [0.1, 0.15) is 0 Å². The van der Waals surface area contributed by atoms with Crippen LogP contribution in [0.15, 0.2) is 12.7 Å². The van der Waals surface area contributed by atoms with Crippen LogP contribution in [0, 0.1) is 0 Å². The molecule has 0 bridgehead atoms. The third-order valence-corrected chi connectivity index (χ3v) is 2.81. The van der Waals surface area contributed by atoms with E-state index in [1.165, 1.54) is 44.9 Å². The third kappa shape index (κ3) is 11.3. The normalized spacial score (nSPS) is 12.1. The molecular weight excluding hydrogens is 200 g/mol. The monoisotopic (exact) mass is 226 g/mol. The first-order chi connectivity index (χ1) is 7.81. The molecule has 0 amide bonds. The maximum Gasteiger partial charge on any atom is 0.293 e. The summed E-state index contributed by atoms with van der Waals surface area (Å²) in [6.45, 7) is 6.21. The van der Waals surface area contributed by atoms with Crippen LogP contribution in [0.2, 0.25) is 0 Å². The Morgan fingerprint density at radius 2 is 1.62 bits per heavy atom. The van der Waals surface area contributed by atoms with E-state index in [1.807, 2.05) is 13.0 Å². The van der Waals surface area contributed by atoms with E-state index in [1.54, 1.807) is 0 Å². The molecule has 0 spiro atoms. The molecule has 2 nitrogen and oxygen atoms in total. The highest BCUT2D eigenvalue weighted by molar-refractivity contribution is 5.37. The number of hydrogen-bond acceptors (Lipinski definition) is 2. The molecule has 0 unspecified atom stereocenters. The molecule has 16 heavy (non-hydrogen) atoms. The van der Waals surface area contributed by atoms with E-state index < -0.39 is 0 Å². The minimum Gasteiger partial charge on any atom is -0.465 e. The lowest BCUT2D eigenvalue weighted by Gasteiger charge is -2.08. The molecule has 0 saturated heterocycles. The predicted octanol–water partition coefficient (Wildman–Crippen LogP) is 4.24. The number of carbonyl (C=O) groups excluding carboxylic acids is 1. The van der Waals surface area contributed by atoms with Crippen LogP contribution in [0.3, 0.4) is 0 Å². The summed E-state index contributed by atoms with van der Waals surface area (Å²) < 4.78 is 4.82. The van der Waals surface area contributed by atoms with Crippen molar-refractivity contribution in [2.24, 2.45) is 0 Å². The van der Waals surface area contributed by atoms with Crippen LogP contribution in [-0.4, -0.2) is 12.6 Å². The van der Waals surface area contributed by atoms with Gasteiger partial charge in [-0.1, -0.05) is 38.2 Å². The summed E-state index contributed by atoms with van der Waals surface area (Å²) in [4.78, 5) is 10.0. The second-order valence-corrected chi connectivity index (χ2v) is 4.38. The lowest BCUT2D eigenvalue weighted by Crippen LogP contribution is -2.05. The summed E-state index contributed by atoms with van der Waals surface area (Å²) in [6, 6.07) is 0. The Hall–Kier alpha value is -0.790. The molecule has 0 radical (unpaired) electrons. The highest BCUT2D eigenvalue weighted by atomic mass is 16.5. The minimum atomic E-state index is 0.0880. The van der Waals surface area contributed by atoms with E-state index in [2.05, 4.69) is 6.58 Å². The summed E-state index contributed by atoms with van der Waals surface area (Å²) in [5.41, 5.74) is 0. The number of carbonyl (C=O) groups is 1. The van der Waals surface area contributed by atoms with Crippen molar-refractivity contribution in [3.63, 3.8) is 0 Å². The summed E-state index contributed by atoms with van der Waals surface area (Å²) in [7, 11) is 0. The Labute approximate surface area is 100 Å². The average molecular weight is 226 g/mol. The van der Waals surface area contributed by atoms with Gasteiger partial charge in [-0.3, -0.25) is 4.79 Å². The minimum absolute atomic E-state index is 0.0880. The van der Waals surface area contributed by atoms with Crippen molar-refractivity contribution >= 4 is 6.47 Å². The molecule has 0 aromatic heterocycles. The third-order valence-electron chi connectivity index (χ3n) is 2.81. The van der Waals surface area contributed by atoms with Crippen molar-refractivity contribution < 1.29 is 9.53 Å². The van der Waals surface area contributed by atoms with Crippen LogP contribution >= 0.6 is 0 Å². The van der Waals surface area contributed by atoms with Gasteiger partial charge in [0.15, 0.2) is 0 Å². The van der Waals surface area contributed by atoms with Crippen molar-refractivity contribution in [1.82, 2.24) is 0 Å². The molecule has 2 heteroatoms. The van der Waals surface area contributed by atoms with Gasteiger partial charge in [0.2, 0.25) is 0 Å². The molecule has 0 N–H and O–H groups in total. The molecule has 0 aliphatic rings. The van der Waals surface area contributed by atoms with Crippen LogP contribution in [-0.2, 0) is 9.53 Å². The van der Waals surface area contributed by atoms with Gasteiger partial charge >= 0.3 is 0 Å². The van der Waals surface area contributed by atoms with Crippen molar-refractivity contribution in [1.29, 1.82) is 0 Å². The first kappa shape index (κ1) is 15.2. The predicted molar refractivity (Wildman–Crippen MR) is 68.4 cm³/mol. The average Bonchev–Trinajstić information content (AvgIpc) is 2.27. The Bertz CT molecular complexity index is 166. The summed E-state index contributed by atoms with van der Waals surface area (Å²) in [5.74, 6) is 0. The number of hydrogen-bond donors (Lipinski definition) is 0. The van der Waals surface area contributed by atoms with Gasteiger partial charge < -0.3 is 4.74 Å². The molecular formula is C14H26O2. The molecule has 94 valence electrons. The van der Waals surface area contributed by atoms with Gasteiger partial charge in [-0.25, -0.2) is 0 Å². The van der Waals surface area contributed by atoms with Gasteiger partial charge in [-0.2, -0.15) is 0 Å².